The van der Waals surface area contributed by atoms with Crippen LogP contribution in [0.3, 0.4) is 0 Å². The minimum absolute atomic E-state index is 0. The number of rotatable bonds is 1. The minimum Gasteiger partial charge on any atom is -1.00 e. The number of thiol groups is 2. The van der Waals surface area contributed by atoms with Crippen LogP contribution in [-0.4, -0.2) is 15.5 Å². The molecule has 0 bridgehead atoms. The van der Waals surface area contributed by atoms with Crippen LogP contribution in [0.2, 0.25) is 0 Å². The average Bonchev–Trinajstić information content (AvgIpc) is 2.03. The summed E-state index contributed by atoms with van der Waals surface area (Å²) < 4.78 is 0. The summed E-state index contributed by atoms with van der Waals surface area (Å²) in [5, 5.41) is 1.38. The van der Waals surface area contributed by atoms with Gasteiger partial charge in [-0.05, 0) is 12.1 Å². The quantitative estimate of drug-likeness (QED) is 0.402. The van der Waals surface area contributed by atoms with Gasteiger partial charge in [-0.3, -0.25) is 9.59 Å². The third kappa shape index (κ3) is 16.2. The Kier molecular flexibility index (Phi) is 17.0. The zero-order valence-corrected chi connectivity index (χ0v) is 11.8. The molecule has 1 aromatic heterocycles. The van der Waals surface area contributed by atoms with Crippen molar-refractivity contribution in [2.45, 2.75) is 7.43 Å². The van der Waals surface area contributed by atoms with Crippen LogP contribution in [0.25, 0.3) is 0 Å². The first-order valence-corrected chi connectivity index (χ1v) is 4.31. The summed E-state index contributed by atoms with van der Waals surface area (Å²) in [6, 6.07) is 5.24. The number of amides is 2. The molecule has 86 valence electrons. The van der Waals surface area contributed by atoms with E-state index in [1.807, 2.05) is 0 Å². The molecule has 0 aliphatic heterocycles. The molecule has 8 heteroatoms. The summed E-state index contributed by atoms with van der Waals surface area (Å²) in [6.45, 7) is 0. The number of primary amides is 1. The molecule has 3 N–H and O–H groups in total. The molecule has 0 saturated heterocycles. The predicted molar refractivity (Wildman–Crippen MR) is 68.7 cm³/mol. The van der Waals surface area contributed by atoms with Crippen molar-refractivity contribution in [2.75, 3.05) is 5.32 Å². The van der Waals surface area contributed by atoms with E-state index in [-0.39, 0.29) is 38.4 Å². The van der Waals surface area contributed by atoms with Crippen molar-refractivity contribution in [2.24, 2.45) is 5.73 Å². The molecule has 0 aliphatic carbocycles. The van der Waals surface area contributed by atoms with Crippen LogP contribution in [0.4, 0.5) is 15.4 Å². The van der Waals surface area contributed by atoms with Gasteiger partial charge >= 0.3 is 29.6 Å². The number of aromatic nitrogens is 1. The summed E-state index contributed by atoms with van der Waals surface area (Å²) in [7, 11) is 0. The van der Waals surface area contributed by atoms with E-state index in [1.54, 1.807) is 24.4 Å². The van der Waals surface area contributed by atoms with E-state index < -0.39 is 10.5 Å². The van der Waals surface area contributed by atoms with Gasteiger partial charge in [0.1, 0.15) is 5.82 Å². The van der Waals surface area contributed by atoms with E-state index >= 15 is 0 Å². The van der Waals surface area contributed by atoms with Crippen molar-refractivity contribution < 1.29 is 40.6 Å². The third-order valence-corrected chi connectivity index (χ3v) is 1.01. The van der Waals surface area contributed by atoms with Crippen molar-refractivity contribution in [3.8, 4) is 0 Å². The molecule has 1 aromatic rings. The summed E-state index contributed by atoms with van der Waals surface area (Å²) in [5.41, 5.74) is 4.34. The van der Waals surface area contributed by atoms with Crippen LogP contribution >= 0.6 is 25.3 Å². The maximum Gasteiger partial charge on any atom is 1.00 e. The Morgan fingerprint density at radius 2 is 1.88 bits per heavy atom. The van der Waals surface area contributed by atoms with Gasteiger partial charge in [-0.25, -0.2) is 4.98 Å². The van der Waals surface area contributed by atoms with E-state index in [1.165, 1.54) is 0 Å². The number of nitrogens with zero attached hydrogens (tertiary/aromatic N) is 1. The van der Waals surface area contributed by atoms with E-state index in [0.29, 0.717) is 5.82 Å². The molecule has 0 radical (unpaired) electrons. The number of carbonyl (C=O) groups is 2. The molecule has 0 saturated carbocycles. The Morgan fingerprint density at radius 3 is 2.19 bits per heavy atom. The van der Waals surface area contributed by atoms with Crippen LogP contribution in [0.15, 0.2) is 24.4 Å². The molecular weight excluding hydrogens is 257 g/mol. The molecule has 5 nitrogen and oxygen atoms in total. The second kappa shape index (κ2) is 12.9. The monoisotopic (exact) mass is 271 g/mol. The molecule has 16 heavy (non-hydrogen) atoms. The molecule has 0 aliphatic rings. The molecule has 2 amide bonds. The molecule has 0 unspecified atom stereocenters. The maximum absolute atomic E-state index is 10.3. The van der Waals surface area contributed by atoms with E-state index in [9.17, 15) is 4.79 Å². The fourth-order valence-corrected chi connectivity index (χ4v) is 0.661. The van der Waals surface area contributed by atoms with Gasteiger partial charge in [0.15, 0.2) is 0 Å². The Balaban J connectivity index is -0.000000108. The molecule has 1 rings (SSSR count). The summed E-state index contributed by atoms with van der Waals surface area (Å²) in [6.07, 6.45) is 1.60. The molecule has 0 atom stereocenters. The van der Waals surface area contributed by atoms with Gasteiger partial charge in [0.25, 0.3) is 10.5 Å². The second-order valence-electron chi connectivity index (χ2n) is 1.98. The van der Waals surface area contributed by atoms with Gasteiger partial charge in [-0.2, -0.15) is 0 Å². The third-order valence-electron chi connectivity index (χ3n) is 0.900. The Morgan fingerprint density at radius 1 is 1.38 bits per heavy atom. The van der Waals surface area contributed by atoms with Gasteiger partial charge in [0.05, 0.1) is 0 Å². The van der Waals surface area contributed by atoms with E-state index in [2.05, 4.69) is 41.3 Å². The number of pyridine rings is 1. The first-order chi connectivity index (χ1) is 6.52. The first-order valence-electron chi connectivity index (χ1n) is 3.41. The van der Waals surface area contributed by atoms with Crippen molar-refractivity contribution in [3.05, 3.63) is 24.4 Å². The Hall–Kier alpha value is -0.210. The fourth-order valence-electron chi connectivity index (χ4n) is 0.546. The van der Waals surface area contributed by atoms with E-state index in [4.69, 9.17) is 4.79 Å². The zero-order valence-electron chi connectivity index (χ0n) is 9.04. The molecular formula is C8H14N3NaO2S2. The van der Waals surface area contributed by atoms with Gasteiger partial charge in [0.2, 0.25) is 0 Å². The molecule has 1 heterocycles. The van der Waals surface area contributed by atoms with Gasteiger partial charge < -0.3 is 12.5 Å². The molecule has 0 aromatic carbocycles. The fraction of sp³-hybridized carbons (Fsp3) is 0.125. The summed E-state index contributed by atoms with van der Waals surface area (Å²) in [4.78, 5) is 23.3. The number of hydrogen-bond donors (Lipinski definition) is 4. The number of nitrogens with two attached hydrogens (primary N) is 1. The normalized spacial score (nSPS) is 7.12. The van der Waals surface area contributed by atoms with Crippen molar-refractivity contribution in [1.82, 2.24) is 4.98 Å². The van der Waals surface area contributed by atoms with E-state index in [0.717, 1.165) is 0 Å². The Labute approximate surface area is 129 Å². The second-order valence-corrected chi connectivity index (χ2v) is 2.83. The maximum atomic E-state index is 10.3. The number of anilines is 1. The topological polar surface area (TPSA) is 85.1 Å². The Bertz CT molecular complexity index is 313. The predicted octanol–water partition coefficient (Wildman–Crippen LogP) is -0.709. The van der Waals surface area contributed by atoms with Gasteiger partial charge in [-0.1, -0.05) is 38.8 Å². The number of nitrogens with one attached hydrogen (secondary N) is 1. The zero-order chi connectivity index (χ0) is 11.0. The standard InChI is InChI=1S/C6H6N2OS.CH3NOS.CH4.Na.H/c9-6(10)8-5-3-1-2-4-7-5;2-1(3)4;;;/h1-4H,(H2,7,8,9,10);(H3,2,3,4);1H4;;/q;;;+1;-1. The smallest absolute Gasteiger partial charge is 1.00 e. The van der Waals surface area contributed by atoms with Gasteiger partial charge in [0, 0.05) is 6.20 Å². The van der Waals surface area contributed by atoms with Crippen LogP contribution in [0.5, 0.6) is 0 Å². The largest absolute Gasteiger partial charge is 1.00 e. The van der Waals surface area contributed by atoms with Gasteiger partial charge in [-0.15, -0.1) is 0 Å². The number of carbonyl (C=O) groups excluding carboxylic acids is 2. The van der Waals surface area contributed by atoms with Crippen molar-refractivity contribution in [3.63, 3.8) is 0 Å². The number of hydrogen-bond acceptors (Lipinski definition) is 3. The van der Waals surface area contributed by atoms with Crippen molar-refractivity contribution in [1.29, 1.82) is 0 Å². The molecule has 0 spiro atoms. The average molecular weight is 271 g/mol. The summed E-state index contributed by atoms with van der Waals surface area (Å²) >= 11 is 6.62. The first kappa shape index (κ1) is 21.1. The summed E-state index contributed by atoms with van der Waals surface area (Å²) in [5.74, 6) is 0.516. The van der Waals surface area contributed by atoms with Crippen LogP contribution < -0.4 is 40.6 Å². The van der Waals surface area contributed by atoms with Crippen LogP contribution in [-0.2, 0) is 0 Å². The van der Waals surface area contributed by atoms with Crippen LogP contribution in [0, 0.1) is 0 Å². The van der Waals surface area contributed by atoms with Crippen molar-refractivity contribution >= 4 is 41.6 Å². The molecule has 0 fully saturated rings. The van der Waals surface area contributed by atoms with Crippen LogP contribution in [0.1, 0.15) is 8.85 Å². The SMILES string of the molecule is C.NC(=O)S.O=C(S)Nc1ccccn1.[H-].[Na+]. The minimum atomic E-state index is -0.639.